The van der Waals surface area contributed by atoms with Crippen molar-refractivity contribution in [2.45, 2.75) is 44.3 Å². The molecule has 3 N–H and O–H groups in total. The number of amides is 1. The Hall–Kier alpha value is -1.92. The summed E-state index contributed by atoms with van der Waals surface area (Å²) < 4.78 is 40.9. The number of benzene rings is 1. The molecule has 0 unspecified atom stereocenters. The van der Waals surface area contributed by atoms with E-state index in [2.05, 4.69) is 10.1 Å². The standard InChI is InChI=1S/C15H19F3N2O2/c16-15(17,18)9-22-13-7-6-10(8-12(13)19)14(21)20-11-4-2-1-3-5-11/h6-8,11H,1-5,9,19H2,(H,20,21). The lowest BCUT2D eigenvalue weighted by molar-refractivity contribution is -0.153. The molecule has 0 aliphatic heterocycles. The highest BCUT2D eigenvalue weighted by Gasteiger charge is 2.28. The van der Waals surface area contributed by atoms with Gasteiger partial charge >= 0.3 is 6.18 Å². The molecule has 1 aliphatic rings. The summed E-state index contributed by atoms with van der Waals surface area (Å²) >= 11 is 0. The Morgan fingerprint density at radius 2 is 1.95 bits per heavy atom. The molecule has 0 saturated heterocycles. The normalized spacial score (nSPS) is 16.3. The molecule has 1 saturated carbocycles. The summed E-state index contributed by atoms with van der Waals surface area (Å²) in [6, 6.07) is 4.20. The number of halogens is 3. The molecule has 22 heavy (non-hydrogen) atoms. The third-order valence-corrected chi connectivity index (χ3v) is 3.60. The molecule has 122 valence electrons. The van der Waals surface area contributed by atoms with Gasteiger partial charge in [0.1, 0.15) is 5.75 Å². The number of carbonyl (C=O) groups is 1. The van der Waals surface area contributed by atoms with Gasteiger partial charge in [-0.05, 0) is 31.0 Å². The molecule has 1 aromatic carbocycles. The van der Waals surface area contributed by atoms with Crippen molar-refractivity contribution in [3.8, 4) is 5.75 Å². The number of nitrogen functional groups attached to an aromatic ring is 1. The maximum atomic E-state index is 12.1. The van der Waals surface area contributed by atoms with Gasteiger partial charge in [0, 0.05) is 11.6 Å². The molecule has 0 heterocycles. The lowest BCUT2D eigenvalue weighted by Crippen LogP contribution is -2.36. The van der Waals surface area contributed by atoms with Crippen molar-refractivity contribution in [3.05, 3.63) is 23.8 Å². The number of nitrogens with one attached hydrogen (secondary N) is 1. The fourth-order valence-corrected chi connectivity index (χ4v) is 2.50. The van der Waals surface area contributed by atoms with E-state index in [4.69, 9.17) is 5.73 Å². The highest BCUT2D eigenvalue weighted by Crippen LogP contribution is 2.25. The Kier molecular flexibility index (Phi) is 5.15. The first-order valence-corrected chi connectivity index (χ1v) is 7.25. The number of anilines is 1. The summed E-state index contributed by atoms with van der Waals surface area (Å²) in [5, 5.41) is 2.92. The Bertz CT molecular complexity index is 526. The van der Waals surface area contributed by atoms with E-state index in [1.165, 1.54) is 24.6 Å². The summed E-state index contributed by atoms with van der Waals surface area (Å²) in [7, 11) is 0. The summed E-state index contributed by atoms with van der Waals surface area (Å²) in [6.07, 6.45) is 0.852. The first kappa shape index (κ1) is 16.5. The molecule has 0 aromatic heterocycles. The molecule has 7 heteroatoms. The number of carbonyl (C=O) groups excluding carboxylic acids is 1. The van der Waals surface area contributed by atoms with Gasteiger partial charge in [-0.3, -0.25) is 4.79 Å². The molecule has 0 spiro atoms. The van der Waals surface area contributed by atoms with Gasteiger partial charge in [-0.1, -0.05) is 19.3 Å². The Labute approximate surface area is 126 Å². The molecule has 1 aliphatic carbocycles. The van der Waals surface area contributed by atoms with E-state index < -0.39 is 12.8 Å². The fraction of sp³-hybridized carbons (Fsp3) is 0.533. The van der Waals surface area contributed by atoms with E-state index in [-0.39, 0.29) is 23.4 Å². The van der Waals surface area contributed by atoms with E-state index in [1.54, 1.807) is 0 Å². The quantitative estimate of drug-likeness (QED) is 0.838. The summed E-state index contributed by atoms with van der Waals surface area (Å²) in [5.41, 5.74) is 5.99. The number of rotatable bonds is 4. The largest absolute Gasteiger partial charge is 0.482 e. The minimum atomic E-state index is -4.43. The molecule has 1 amide bonds. The zero-order chi connectivity index (χ0) is 16.2. The lowest BCUT2D eigenvalue weighted by Gasteiger charge is -2.22. The van der Waals surface area contributed by atoms with Gasteiger partial charge in [-0.2, -0.15) is 13.2 Å². The lowest BCUT2D eigenvalue weighted by atomic mass is 9.95. The van der Waals surface area contributed by atoms with Crippen molar-refractivity contribution in [2.75, 3.05) is 12.3 Å². The van der Waals surface area contributed by atoms with Gasteiger partial charge in [0.05, 0.1) is 5.69 Å². The zero-order valence-electron chi connectivity index (χ0n) is 12.1. The van der Waals surface area contributed by atoms with Crippen LogP contribution in [0.15, 0.2) is 18.2 Å². The van der Waals surface area contributed by atoms with Crippen molar-refractivity contribution >= 4 is 11.6 Å². The van der Waals surface area contributed by atoms with Gasteiger partial charge in [0.15, 0.2) is 6.61 Å². The summed E-state index contributed by atoms with van der Waals surface area (Å²) in [6.45, 7) is -1.41. The van der Waals surface area contributed by atoms with Gasteiger partial charge in [0.25, 0.3) is 5.91 Å². The van der Waals surface area contributed by atoms with E-state index in [0.29, 0.717) is 5.56 Å². The monoisotopic (exact) mass is 316 g/mol. The third kappa shape index (κ3) is 4.82. The van der Waals surface area contributed by atoms with Crippen LogP contribution in [0.2, 0.25) is 0 Å². The van der Waals surface area contributed by atoms with Crippen molar-refractivity contribution < 1.29 is 22.7 Å². The second-order valence-electron chi connectivity index (χ2n) is 5.46. The molecule has 1 aromatic rings. The van der Waals surface area contributed by atoms with Crippen LogP contribution in [0.25, 0.3) is 0 Å². The maximum Gasteiger partial charge on any atom is 0.422 e. The maximum absolute atomic E-state index is 12.1. The van der Waals surface area contributed by atoms with Crippen LogP contribution < -0.4 is 15.8 Å². The smallest absolute Gasteiger partial charge is 0.422 e. The van der Waals surface area contributed by atoms with Gasteiger partial charge < -0.3 is 15.8 Å². The highest BCUT2D eigenvalue weighted by molar-refractivity contribution is 5.95. The zero-order valence-corrected chi connectivity index (χ0v) is 12.1. The van der Waals surface area contributed by atoms with Gasteiger partial charge in [-0.15, -0.1) is 0 Å². The highest BCUT2D eigenvalue weighted by atomic mass is 19.4. The third-order valence-electron chi connectivity index (χ3n) is 3.60. The van der Waals surface area contributed by atoms with E-state index >= 15 is 0 Å². The van der Waals surface area contributed by atoms with Crippen molar-refractivity contribution in [1.29, 1.82) is 0 Å². The molecule has 0 radical (unpaired) electrons. The van der Waals surface area contributed by atoms with Crippen LogP contribution in [0.4, 0.5) is 18.9 Å². The number of ether oxygens (including phenoxy) is 1. The average Bonchev–Trinajstić information content (AvgIpc) is 2.46. The second kappa shape index (κ2) is 6.89. The van der Waals surface area contributed by atoms with Crippen LogP contribution in [-0.2, 0) is 0 Å². The molecular formula is C15H19F3N2O2. The van der Waals surface area contributed by atoms with E-state index in [0.717, 1.165) is 25.7 Å². The molecule has 4 nitrogen and oxygen atoms in total. The number of hydrogen-bond donors (Lipinski definition) is 2. The summed E-state index contributed by atoms with van der Waals surface area (Å²) in [5.74, 6) is -0.340. The van der Waals surface area contributed by atoms with Crippen LogP contribution in [0, 0.1) is 0 Å². The average molecular weight is 316 g/mol. The molecule has 2 rings (SSSR count). The van der Waals surface area contributed by atoms with Gasteiger partial charge in [-0.25, -0.2) is 0 Å². The van der Waals surface area contributed by atoms with Crippen molar-refractivity contribution in [1.82, 2.24) is 5.32 Å². The van der Waals surface area contributed by atoms with Crippen LogP contribution in [-0.4, -0.2) is 24.7 Å². The Morgan fingerprint density at radius 3 is 2.55 bits per heavy atom. The first-order chi connectivity index (χ1) is 10.3. The molecule has 1 fully saturated rings. The van der Waals surface area contributed by atoms with Crippen LogP contribution >= 0.6 is 0 Å². The van der Waals surface area contributed by atoms with Crippen LogP contribution in [0.3, 0.4) is 0 Å². The molecular weight excluding hydrogens is 297 g/mol. The number of hydrogen-bond acceptors (Lipinski definition) is 3. The summed E-state index contributed by atoms with van der Waals surface area (Å²) in [4.78, 5) is 12.1. The van der Waals surface area contributed by atoms with Gasteiger partial charge in [0.2, 0.25) is 0 Å². The topological polar surface area (TPSA) is 64.4 Å². The fourth-order valence-electron chi connectivity index (χ4n) is 2.50. The van der Waals surface area contributed by atoms with Crippen LogP contribution in [0.1, 0.15) is 42.5 Å². The Morgan fingerprint density at radius 1 is 1.27 bits per heavy atom. The van der Waals surface area contributed by atoms with Crippen molar-refractivity contribution in [2.24, 2.45) is 0 Å². The molecule has 0 atom stereocenters. The second-order valence-corrected chi connectivity index (χ2v) is 5.46. The van der Waals surface area contributed by atoms with E-state index in [9.17, 15) is 18.0 Å². The predicted octanol–water partition coefficient (Wildman–Crippen LogP) is 3.27. The first-order valence-electron chi connectivity index (χ1n) is 7.25. The van der Waals surface area contributed by atoms with Crippen LogP contribution in [0.5, 0.6) is 5.75 Å². The minimum absolute atomic E-state index is 0.0144. The predicted molar refractivity (Wildman–Crippen MR) is 76.7 cm³/mol. The molecule has 0 bridgehead atoms. The van der Waals surface area contributed by atoms with E-state index in [1.807, 2.05) is 0 Å². The Balaban J connectivity index is 1.97. The number of alkyl halides is 3. The van der Waals surface area contributed by atoms with Crippen molar-refractivity contribution in [3.63, 3.8) is 0 Å². The SMILES string of the molecule is Nc1cc(C(=O)NC2CCCCC2)ccc1OCC(F)(F)F. The number of nitrogens with two attached hydrogens (primary N) is 1. The minimum Gasteiger partial charge on any atom is -0.482 e.